The van der Waals surface area contributed by atoms with Crippen molar-refractivity contribution >= 4 is 11.7 Å². The van der Waals surface area contributed by atoms with Crippen LogP contribution in [0.25, 0.3) is 11.4 Å². The summed E-state index contributed by atoms with van der Waals surface area (Å²) < 4.78 is 35.1. The molecule has 37 heavy (non-hydrogen) atoms. The number of ether oxygens (including phenoxy) is 1. The fourth-order valence-electron chi connectivity index (χ4n) is 4.94. The third-order valence-electron chi connectivity index (χ3n) is 6.98. The number of aryl methyl sites for hydroxylation is 1. The lowest BCUT2D eigenvalue weighted by atomic mass is 9.94. The molecule has 1 aliphatic heterocycles. The van der Waals surface area contributed by atoms with Gasteiger partial charge in [0.05, 0.1) is 42.0 Å². The predicted molar refractivity (Wildman–Crippen MR) is 131 cm³/mol. The Hall–Kier alpha value is -3.44. The molecule has 10 nitrogen and oxygen atoms in total. The topological polar surface area (TPSA) is 104 Å². The van der Waals surface area contributed by atoms with Gasteiger partial charge in [0.25, 0.3) is 6.43 Å². The van der Waals surface area contributed by atoms with E-state index in [0.29, 0.717) is 54.9 Å². The summed E-state index contributed by atoms with van der Waals surface area (Å²) in [6.07, 6.45) is 4.36. The van der Waals surface area contributed by atoms with Crippen LogP contribution in [0.2, 0.25) is 0 Å². The van der Waals surface area contributed by atoms with E-state index in [0.717, 1.165) is 25.0 Å². The number of anilines is 1. The molecular weight excluding hydrogens is 482 g/mol. The monoisotopic (exact) mass is 514 g/mol. The van der Waals surface area contributed by atoms with E-state index in [-0.39, 0.29) is 24.0 Å². The van der Waals surface area contributed by atoms with Gasteiger partial charge in [-0.3, -0.25) is 4.79 Å². The van der Waals surface area contributed by atoms with E-state index in [1.54, 1.807) is 41.8 Å². The summed E-state index contributed by atoms with van der Waals surface area (Å²) in [4.78, 5) is 19.8. The van der Waals surface area contributed by atoms with Crippen LogP contribution >= 0.6 is 0 Å². The Labute approximate surface area is 214 Å². The molecule has 2 fully saturated rings. The molecule has 5 rings (SSSR count). The molecule has 1 saturated heterocycles. The van der Waals surface area contributed by atoms with Gasteiger partial charge in [0.1, 0.15) is 17.9 Å². The van der Waals surface area contributed by atoms with Gasteiger partial charge in [0.2, 0.25) is 0 Å². The van der Waals surface area contributed by atoms with Gasteiger partial charge in [0.15, 0.2) is 0 Å². The number of carbonyl (C=O) groups is 1. The zero-order valence-electron chi connectivity index (χ0n) is 21.2. The fourth-order valence-corrected chi connectivity index (χ4v) is 4.94. The van der Waals surface area contributed by atoms with Gasteiger partial charge in [0, 0.05) is 20.1 Å². The van der Waals surface area contributed by atoms with Crippen LogP contribution in [0.1, 0.15) is 62.5 Å². The van der Waals surface area contributed by atoms with Crippen LogP contribution in [0.15, 0.2) is 18.3 Å². The SMILES string of the molecule is CCOC(=O)C[C@H]1CCCN(c2ccc(-c3nnn(C)c3Cn3ncc(CC4CC4)n3)nc2C(F)F)C1. The number of rotatable bonds is 10. The number of esters is 1. The molecule has 1 aliphatic carbocycles. The van der Waals surface area contributed by atoms with Crippen LogP contribution in [0, 0.1) is 11.8 Å². The maximum atomic E-state index is 14.2. The van der Waals surface area contributed by atoms with Gasteiger partial charge in [-0.25, -0.2) is 18.4 Å². The van der Waals surface area contributed by atoms with Gasteiger partial charge in [-0.15, -0.1) is 5.10 Å². The Balaban J connectivity index is 1.36. The maximum Gasteiger partial charge on any atom is 0.306 e. The Kier molecular flexibility index (Phi) is 7.43. The molecule has 0 amide bonds. The van der Waals surface area contributed by atoms with E-state index < -0.39 is 6.43 Å². The molecule has 0 bridgehead atoms. The number of hydrogen-bond acceptors (Lipinski definition) is 8. The summed E-state index contributed by atoms with van der Waals surface area (Å²) in [6.45, 7) is 3.54. The van der Waals surface area contributed by atoms with E-state index in [2.05, 4.69) is 25.5 Å². The summed E-state index contributed by atoms with van der Waals surface area (Å²) in [5, 5.41) is 17.3. The second kappa shape index (κ2) is 10.9. The summed E-state index contributed by atoms with van der Waals surface area (Å²) >= 11 is 0. The number of piperidine rings is 1. The van der Waals surface area contributed by atoms with Crippen LogP contribution < -0.4 is 4.90 Å². The standard InChI is InChI=1S/C25H32F2N8O2/c1-3-37-22(36)12-17-5-4-10-34(14-17)20-9-8-19(29-24(20)25(26)27)23-21(33(2)32-30-23)15-35-28-13-18(31-35)11-16-6-7-16/h8-9,13,16-17,25H,3-7,10-12,14-15H2,1-2H3/t17-/m1/s1. The molecule has 0 radical (unpaired) electrons. The zero-order chi connectivity index (χ0) is 25.9. The van der Waals surface area contributed by atoms with Crippen molar-refractivity contribution in [2.45, 2.75) is 58.4 Å². The number of aromatic nitrogens is 7. The second-order valence-corrected chi connectivity index (χ2v) is 9.89. The molecule has 12 heteroatoms. The van der Waals surface area contributed by atoms with Gasteiger partial charge < -0.3 is 9.64 Å². The lowest BCUT2D eigenvalue weighted by Crippen LogP contribution is -2.37. The minimum atomic E-state index is -2.77. The highest BCUT2D eigenvalue weighted by atomic mass is 19.3. The van der Waals surface area contributed by atoms with Crippen molar-refractivity contribution < 1.29 is 18.3 Å². The van der Waals surface area contributed by atoms with Gasteiger partial charge >= 0.3 is 5.97 Å². The van der Waals surface area contributed by atoms with Crippen LogP contribution in [0.5, 0.6) is 0 Å². The van der Waals surface area contributed by atoms with E-state index in [9.17, 15) is 13.6 Å². The molecule has 0 spiro atoms. The first kappa shape index (κ1) is 25.2. The Morgan fingerprint density at radius 1 is 1.22 bits per heavy atom. The molecule has 4 heterocycles. The van der Waals surface area contributed by atoms with Crippen molar-refractivity contribution in [1.82, 2.24) is 35.0 Å². The molecule has 0 N–H and O–H groups in total. The zero-order valence-corrected chi connectivity index (χ0v) is 21.2. The Morgan fingerprint density at radius 2 is 2.05 bits per heavy atom. The first-order valence-corrected chi connectivity index (χ1v) is 12.9. The van der Waals surface area contributed by atoms with Gasteiger partial charge in [-0.1, -0.05) is 5.21 Å². The fraction of sp³-hybridized carbons (Fsp3) is 0.600. The molecule has 2 aliphatic rings. The lowest BCUT2D eigenvalue weighted by Gasteiger charge is -2.35. The number of pyridine rings is 1. The quantitative estimate of drug-likeness (QED) is 0.378. The van der Waals surface area contributed by atoms with Crippen molar-refractivity contribution in [1.29, 1.82) is 0 Å². The average molecular weight is 515 g/mol. The molecule has 1 saturated carbocycles. The van der Waals surface area contributed by atoms with Crippen molar-refractivity contribution in [3.8, 4) is 11.4 Å². The van der Waals surface area contributed by atoms with Crippen LogP contribution in [-0.2, 0) is 29.5 Å². The highest BCUT2D eigenvalue weighted by Crippen LogP contribution is 2.35. The van der Waals surface area contributed by atoms with Crippen LogP contribution in [-0.4, -0.2) is 60.6 Å². The maximum absolute atomic E-state index is 14.2. The van der Waals surface area contributed by atoms with E-state index in [4.69, 9.17) is 4.74 Å². The number of alkyl halides is 2. The summed E-state index contributed by atoms with van der Waals surface area (Å²) in [5.41, 5.74) is 2.47. The summed E-state index contributed by atoms with van der Waals surface area (Å²) in [7, 11) is 1.75. The minimum Gasteiger partial charge on any atom is -0.466 e. The number of nitrogens with zero attached hydrogens (tertiary/aromatic N) is 8. The molecule has 0 aromatic carbocycles. The molecule has 3 aromatic rings. The average Bonchev–Trinajstić information content (AvgIpc) is 3.47. The van der Waals surface area contributed by atoms with E-state index in [1.807, 2.05) is 4.90 Å². The normalized spacial score (nSPS) is 18.0. The summed E-state index contributed by atoms with van der Waals surface area (Å²) in [5.74, 6) is 0.504. The van der Waals surface area contributed by atoms with Crippen molar-refractivity contribution in [3.05, 3.63) is 35.4 Å². The van der Waals surface area contributed by atoms with Crippen molar-refractivity contribution in [2.24, 2.45) is 18.9 Å². The Morgan fingerprint density at radius 3 is 2.81 bits per heavy atom. The molecule has 0 unspecified atom stereocenters. The number of carbonyl (C=O) groups excluding carboxylic acids is 1. The largest absolute Gasteiger partial charge is 0.466 e. The second-order valence-electron chi connectivity index (χ2n) is 9.89. The highest BCUT2D eigenvalue weighted by molar-refractivity contribution is 5.70. The highest BCUT2D eigenvalue weighted by Gasteiger charge is 2.28. The third kappa shape index (κ3) is 5.94. The number of halogens is 2. The van der Waals surface area contributed by atoms with E-state index in [1.165, 1.54) is 12.8 Å². The third-order valence-corrected chi connectivity index (χ3v) is 6.98. The summed E-state index contributed by atoms with van der Waals surface area (Å²) in [6, 6.07) is 3.38. The first-order chi connectivity index (χ1) is 17.9. The number of hydrogen-bond donors (Lipinski definition) is 0. The van der Waals surface area contributed by atoms with Crippen molar-refractivity contribution in [2.75, 3.05) is 24.6 Å². The smallest absolute Gasteiger partial charge is 0.306 e. The van der Waals surface area contributed by atoms with Crippen molar-refractivity contribution in [3.63, 3.8) is 0 Å². The van der Waals surface area contributed by atoms with Gasteiger partial charge in [-0.05, 0) is 63.0 Å². The van der Waals surface area contributed by atoms with Gasteiger partial charge in [-0.2, -0.15) is 15.0 Å². The predicted octanol–water partition coefficient (Wildman–Crippen LogP) is 3.58. The first-order valence-electron chi connectivity index (χ1n) is 12.9. The lowest BCUT2D eigenvalue weighted by molar-refractivity contribution is -0.144. The van der Waals surface area contributed by atoms with E-state index >= 15 is 0 Å². The minimum absolute atomic E-state index is 0.0518. The van der Waals surface area contributed by atoms with Crippen LogP contribution in [0.4, 0.5) is 14.5 Å². The molecule has 198 valence electrons. The Bertz CT molecular complexity index is 1240. The molecular formula is C25H32F2N8O2. The molecule has 3 aromatic heterocycles. The molecule has 1 atom stereocenters. The van der Waals surface area contributed by atoms with Crippen LogP contribution in [0.3, 0.4) is 0 Å².